The van der Waals surface area contributed by atoms with Gasteiger partial charge in [0.1, 0.15) is 5.69 Å². The Kier molecular flexibility index (Phi) is 2.68. The van der Waals surface area contributed by atoms with Gasteiger partial charge in [-0.15, -0.1) is 0 Å². The molecular weight excluding hydrogens is 242 g/mol. The highest BCUT2D eigenvalue weighted by atomic mass is 16.1. The molecule has 3 aromatic rings. The lowest BCUT2D eigenvalue weighted by Crippen LogP contribution is -2.15. The van der Waals surface area contributed by atoms with Crippen LogP contribution in [-0.2, 0) is 0 Å². The molecule has 0 spiro atoms. The van der Waals surface area contributed by atoms with E-state index in [0.29, 0.717) is 11.5 Å². The van der Waals surface area contributed by atoms with Gasteiger partial charge in [0.15, 0.2) is 5.82 Å². The van der Waals surface area contributed by atoms with Gasteiger partial charge in [0.2, 0.25) is 0 Å². The van der Waals surface area contributed by atoms with Gasteiger partial charge in [-0.25, -0.2) is 9.89 Å². The number of rotatable bonds is 2. The Bertz CT molecular complexity index is 791. The normalized spacial score (nSPS) is 10.6. The fourth-order valence-electron chi connectivity index (χ4n) is 1.84. The number of nitrogens with zero attached hydrogens (tertiary/aromatic N) is 3. The first kappa shape index (κ1) is 11.3. The van der Waals surface area contributed by atoms with Crippen molar-refractivity contribution in [3.8, 4) is 0 Å². The second-order valence-electron chi connectivity index (χ2n) is 4.08. The van der Waals surface area contributed by atoms with Gasteiger partial charge in [0, 0.05) is 11.6 Å². The molecule has 0 aliphatic rings. The summed E-state index contributed by atoms with van der Waals surface area (Å²) in [7, 11) is 0. The van der Waals surface area contributed by atoms with Crippen LogP contribution < -0.4 is 11.0 Å². The van der Waals surface area contributed by atoms with E-state index in [0.717, 1.165) is 16.6 Å². The molecule has 2 N–H and O–H groups in total. The zero-order valence-corrected chi connectivity index (χ0v) is 10.2. The SMILES string of the molecule is Cc1n[nH]c(=O)nc1Nc1cccc2cccnc12. The molecule has 0 radical (unpaired) electrons. The van der Waals surface area contributed by atoms with Gasteiger partial charge in [0.05, 0.1) is 11.2 Å². The van der Waals surface area contributed by atoms with Crippen LogP contribution in [-0.4, -0.2) is 20.2 Å². The molecule has 6 nitrogen and oxygen atoms in total. The van der Waals surface area contributed by atoms with Gasteiger partial charge in [-0.1, -0.05) is 18.2 Å². The number of aromatic amines is 1. The van der Waals surface area contributed by atoms with Crippen LogP contribution in [0.25, 0.3) is 10.9 Å². The van der Waals surface area contributed by atoms with Gasteiger partial charge in [0.25, 0.3) is 0 Å². The predicted octanol–water partition coefficient (Wildman–Crippen LogP) is 1.77. The van der Waals surface area contributed by atoms with Crippen LogP contribution in [0.5, 0.6) is 0 Å². The Labute approximate surface area is 108 Å². The third-order valence-corrected chi connectivity index (χ3v) is 2.76. The number of fused-ring (bicyclic) bond motifs is 1. The second kappa shape index (κ2) is 4.49. The number of hydrogen-bond acceptors (Lipinski definition) is 5. The summed E-state index contributed by atoms with van der Waals surface area (Å²) in [5, 5.41) is 10.3. The van der Waals surface area contributed by atoms with E-state index in [1.165, 1.54) is 0 Å². The topological polar surface area (TPSA) is 83.6 Å². The maximum absolute atomic E-state index is 11.2. The number of aryl methyl sites for hydroxylation is 1. The zero-order chi connectivity index (χ0) is 13.2. The van der Waals surface area contributed by atoms with E-state index >= 15 is 0 Å². The highest BCUT2D eigenvalue weighted by Crippen LogP contribution is 2.23. The van der Waals surface area contributed by atoms with Crippen LogP contribution in [0.2, 0.25) is 0 Å². The molecule has 2 aromatic heterocycles. The minimum atomic E-state index is -0.485. The van der Waals surface area contributed by atoms with Crippen molar-refractivity contribution in [3.63, 3.8) is 0 Å². The monoisotopic (exact) mass is 253 g/mol. The summed E-state index contributed by atoms with van der Waals surface area (Å²) in [6, 6.07) is 9.64. The highest BCUT2D eigenvalue weighted by Gasteiger charge is 2.06. The first-order chi connectivity index (χ1) is 9.24. The van der Waals surface area contributed by atoms with Crippen molar-refractivity contribution in [2.24, 2.45) is 0 Å². The number of aromatic nitrogens is 4. The summed E-state index contributed by atoms with van der Waals surface area (Å²) in [4.78, 5) is 19.4. The average Bonchev–Trinajstić information content (AvgIpc) is 2.43. The molecule has 94 valence electrons. The maximum Gasteiger partial charge on any atom is 0.363 e. The molecular formula is C13H11N5O. The van der Waals surface area contributed by atoms with Gasteiger partial charge in [-0.05, 0) is 19.1 Å². The quantitative estimate of drug-likeness (QED) is 0.727. The Morgan fingerprint density at radius 3 is 2.95 bits per heavy atom. The molecule has 0 aliphatic carbocycles. The van der Waals surface area contributed by atoms with Gasteiger partial charge in [-0.3, -0.25) is 4.98 Å². The molecule has 0 unspecified atom stereocenters. The molecule has 0 saturated heterocycles. The third-order valence-electron chi connectivity index (χ3n) is 2.76. The summed E-state index contributed by atoms with van der Waals surface area (Å²) in [6.45, 7) is 1.77. The number of anilines is 2. The molecule has 3 rings (SSSR count). The van der Waals surface area contributed by atoms with E-state index in [9.17, 15) is 4.79 Å². The van der Waals surface area contributed by atoms with Gasteiger partial charge >= 0.3 is 5.69 Å². The molecule has 1 aromatic carbocycles. The summed E-state index contributed by atoms with van der Waals surface area (Å²) < 4.78 is 0. The first-order valence-electron chi connectivity index (χ1n) is 5.78. The predicted molar refractivity (Wildman–Crippen MR) is 72.4 cm³/mol. The lowest BCUT2D eigenvalue weighted by Gasteiger charge is -2.08. The van der Waals surface area contributed by atoms with Crippen LogP contribution in [0, 0.1) is 6.92 Å². The Morgan fingerprint density at radius 2 is 2.05 bits per heavy atom. The molecule has 0 saturated carbocycles. The van der Waals surface area contributed by atoms with E-state index in [-0.39, 0.29) is 0 Å². The summed E-state index contributed by atoms with van der Waals surface area (Å²) in [6.07, 6.45) is 1.73. The first-order valence-corrected chi connectivity index (χ1v) is 5.78. The molecule has 0 amide bonds. The molecule has 0 bridgehead atoms. The fraction of sp³-hybridized carbons (Fsp3) is 0.0769. The zero-order valence-electron chi connectivity index (χ0n) is 10.2. The molecule has 2 heterocycles. The van der Waals surface area contributed by atoms with Crippen molar-refractivity contribution in [1.29, 1.82) is 0 Å². The number of pyridine rings is 1. The number of H-pyrrole nitrogens is 1. The van der Waals surface area contributed by atoms with Crippen molar-refractivity contribution in [2.75, 3.05) is 5.32 Å². The molecule has 0 fully saturated rings. The molecule has 6 heteroatoms. The van der Waals surface area contributed by atoms with Crippen molar-refractivity contribution in [1.82, 2.24) is 20.2 Å². The van der Waals surface area contributed by atoms with Crippen LogP contribution >= 0.6 is 0 Å². The van der Waals surface area contributed by atoms with Crippen molar-refractivity contribution in [3.05, 3.63) is 52.7 Å². The Morgan fingerprint density at radius 1 is 1.21 bits per heavy atom. The second-order valence-corrected chi connectivity index (χ2v) is 4.08. The minimum absolute atomic E-state index is 0.432. The standard InChI is InChI=1S/C13H11N5O/c1-8-12(16-13(19)18-17-8)15-10-6-2-4-9-5-3-7-14-11(9)10/h2-7H,1H3,(H2,15,16,18,19). The largest absolute Gasteiger partial charge is 0.363 e. The summed E-state index contributed by atoms with van der Waals surface area (Å²) in [5.41, 5.74) is 1.75. The Balaban J connectivity index is 2.11. The number of para-hydroxylation sites is 1. The van der Waals surface area contributed by atoms with Gasteiger partial charge in [-0.2, -0.15) is 10.1 Å². The maximum atomic E-state index is 11.2. The smallest absolute Gasteiger partial charge is 0.337 e. The van der Waals surface area contributed by atoms with Crippen LogP contribution in [0.3, 0.4) is 0 Å². The van der Waals surface area contributed by atoms with Crippen LogP contribution in [0.1, 0.15) is 5.69 Å². The molecule has 19 heavy (non-hydrogen) atoms. The van der Waals surface area contributed by atoms with Crippen molar-refractivity contribution in [2.45, 2.75) is 6.92 Å². The van der Waals surface area contributed by atoms with Crippen molar-refractivity contribution >= 4 is 22.4 Å². The third kappa shape index (κ3) is 2.15. The minimum Gasteiger partial charge on any atom is -0.337 e. The fourth-order valence-corrected chi connectivity index (χ4v) is 1.84. The highest BCUT2D eigenvalue weighted by molar-refractivity contribution is 5.91. The summed E-state index contributed by atoms with van der Waals surface area (Å²) in [5.74, 6) is 0.432. The van der Waals surface area contributed by atoms with E-state index in [4.69, 9.17) is 0 Å². The van der Waals surface area contributed by atoms with Crippen molar-refractivity contribution < 1.29 is 0 Å². The number of nitrogens with one attached hydrogen (secondary N) is 2. The van der Waals surface area contributed by atoms with E-state index in [1.54, 1.807) is 13.1 Å². The van der Waals surface area contributed by atoms with Crippen LogP contribution in [0.4, 0.5) is 11.5 Å². The van der Waals surface area contributed by atoms with E-state index in [1.807, 2.05) is 30.3 Å². The van der Waals surface area contributed by atoms with E-state index in [2.05, 4.69) is 25.5 Å². The lowest BCUT2D eigenvalue weighted by molar-refractivity contribution is 0.885. The average molecular weight is 253 g/mol. The Hall–Kier alpha value is -2.76. The molecule has 0 aliphatic heterocycles. The number of hydrogen-bond donors (Lipinski definition) is 2. The summed E-state index contributed by atoms with van der Waals surface area (Å²) >= 11 is 0. The number of benzene rings is 1. The van der Waals surface area contributed by atoms with E-state index < -0.39 is 5.69 Å². The van der Waals surface area contributed by atoms with Crippen LogP contribution in [0.15, 0.2) is 41.3 Å². The lowest BCUT2D eigenvalue weighted by atomic mass is 10.2. The molecule has 0 atom stereocenters. The van der Waals surface area contributed by atoms with Gasteiger partial charge < -0.3 is 5.32 Å².